The second-order valence-electron chi connectivity index (χ2n) is 8.83. The van der Waals surface area contributed by atoms with Gasteiger partial charge in [0.2, 0.25) is 0 Å². The van der Waals surface area contributed by atoms with Gasteiger partial charge in [0.15, 0.2) is 12.4 Å². The highest BCUT2D eigenvalue weighted by Crippen LogP contribution is 2.35. The molecule has 0 unspecified atom stereocenters. The van der Waals surface area contributed by atoms with E-state index in [1.807, 2.05) is 32.0 Å². The number of aromatic nitrogens is 1. The Balaban J connectivity index is 1.29. The van der Waals surface area contributed by atoms with E-state index in [2.05, 4.69) is 16.4 Å². The molecule has 8 nitrogen and oxygen atoms in total. The van der Waals surface area contributed by atoms with Crippen LogP contribution in [0.4, 0.5) is 5.69 Å². The van der Waals surface area contributed by atoms with Crippen LogP contribution < -0.4 is 15.0 Å². The number of para-hydroxylation sites is 1. The van der Waals surface area contributed by atoms with Crippen molar-refractivity contribution >= 4 is 34.7 Å². The van der Waals surface area contributed by atoms with Crippen LogP contribution in [0.1, 0.15) is 37.8 Å². The lowest BCUT2D eigenvalue weighted by atomic mass is 10.0. The molecule has 3 amide bonds. The minimum atomic E-state index is -0.297. The fourth-order valence-electron chi connectivity index (χ4n) is 4.40. The zero-order valence-electron chi connectivity index (χ0n) is 19.8. The number of benzene rings is 2. The summed E-state index contributed by atoms with van der Waals surface area (Å²) in [4.78, 5) is 47.0. The summed E-state index contributed by atoms with van der Waals surface area (Å²) in [6.07, 6.45) is 0.801. The molecule has 35 heavy (non-hydrogen) atoms. The number of likely N-dealkylation sites (N-methyl/N-ethyl adjacent to an activating group) is 1. The molecule has 5 rings (SSSR count). The van der Waals surface area contributed by atoms with Gasteiger partial charge in [-0.3, -0.25) is 14.4 Å². The first-order valence-corrected chi connectivity index (χ1v) is 12.3. The Morgan fingerprint density at radius 2 is 2.00 bits per heavy atom. The van der Waals surface area contributed by atoms with Crippen LogP contribution in [0.25, 0.3) is 10.4 Å². The van der Waals surface area contributed by atoms with E-state index in [9.17, 15) is 14.4 Å². The Kier molecular flexibility index (Phi) is 6.02. The van der Waals surface area contributed by atoms with Gasteiger partial charge in [-0.25, -0.2) is 4.98 Å². The summed E-state index contributed by atoms with van der Waals surface area (Å²) in [6, 6.07) is 13.1. The SMILES string of the molecule is Cc1cccc(-c2sc(C)nc2C(=O)N2CC[C@@H]2CNC(=O)c2cccc3c2OCC(=O)N3C)c1. The second kappa shape index (κ2) is 9.14. The maximum absolute atomic E-state index is 13.4. The first kappa shape index (κ1) is 23.0. The summed E-state index contributed by atoms with van der Waals surface area (Å²) < 4.78 is 5.56. The monoisotopic (exact) mass is 490 g/mol. The Bertz CT molecular complexity index is 1330. The number of fused-ring (bicyclic) bond motifs is 1. The van der Waals surface area contributed by atoms with Crippen LogP contribution in [-0.4, -0.2) is 60.4 Å². The molecule has 0 aliphatic carbocycles. The van der Waals surface area contributed by atoms with E-state index in [0.29, 0.717) is 35.8 Å². The van der Waals surface area contributed by atoms with Crippen molar-refractivity contribution in [2.24, 2.45) is 0 Å². The summed E-state index contributed by atoms with van der Waals surface area (Å²) >= 11 is 1.52. The minimum absolute atomic E-state index is 0.102. The molecule has 1 saturated heterocycles. The van der Waals surface area contributed by atoms with Crippen molar-refractivity contribution in [2.45, 2.75) is 26.3 Å². The van der Waals surface area contributed by atoms with E-state index < -0.39 is 0 Å². The van der Waals surface area contributed by atoms with E-state index in [-0.39, 0.29) is 30.4 Å². The molecule has 1 aromatic heterocycles. The molecule has 0 radical (unpaired) electrons. The Labute approximate surface area is 207 Å². The van der Waals surface area contributed by atoms with Gasteiger partial charge in [-0.05, 0) is 38.0 Å². The molecule has 0 bridgehead atoms. The molecule has 2 aromatic carbocycles. The van der Waals surface area contributed by atoms with Gasteiger partial charge in [0.05, 0.1) is 27.2 Å². The number of ether oxygens (including phenoxy) is 1. The first-order valence-electron chi connectivity index (χ1n) is 11.5. The lowest BCUT2D eigenvalue weighted by molar-refractivity contribution is -0.121. The van der Waals surface area contributed by atoms with Gasteiger partial charge in [-0.2, -0.15) is 0 Å². The number of thiazole rings is 1. The number of nitrogens with zero attached hydrogens (tertiary/aromatic N) is 3. The van der Waals surface area contributed by atoms with Crippen molar-refractivity contribution in [3.63, 3.8) is 0 Å². The van der Waals surface area contributed by atoms with Crippen LogP contribution in [0.15, 0.2) is 42.5 Å². The van der Waals surface area contributed by atoms with Gasteiger partial charge in [0.1, 0.15) is 5.69 Å². The van der Waals surface area contributed by atoms with Crippen LogP contribution in [0, 0.1) is 13.8 Å². The molecule has 0 spiro atoms. The van der Waals surface area contributed by atoms with Crippen molar-refractivity contribution in [2.75, 3.05) is 31.6 Å². The highest BCUT2D eigenvalue weighted by atomic mass is 32.1. The van der Waals surface area contributed by atoms with Gasteiger partial charge in [-0.1, -0.05) is 35.9 Å². The number of amides is 3. The Morgan fingerprint density at radius 1 is 1.20 bits per heavy atom. The topological polar surface area (TPSA) is 91.8 Å². The molecule has 180 valence electrons. The first-order chi connectivity index (χ1) is 16.8. The predicted molar refractivity (Wildman–Crippen MR) is 134 cm³/mol. The number of nitrogens with one attached hydrogen (secondary N) is 1. The van der Waals surface area contributed by atoms with E-state index in [1.54, 1.807) is 30.1 Å². The molecule has 2 aliphatic heterocycles. The molecule has 1 fully saturated rings. The summed E-state index contributed by atoms with van der Waals surface area (Å²) in [6.45, 7) is 4.78. The molecule has 9 heteroatoms. The van der Waals surface area contributed by atoms with Crippen molar-refractivity contribution in [3.8, 4) is 16.2 Å². The highest BCUT2D eigenvalue weighted by molar-refractivity contribution is 7.15. The predicted octanol–water partition coefficient (Wildman–Crippen LogP) is 3.43. The molecule has 0 saturated carbocycles. The van der Waals surface area contributed by atoms with E-state index in [0.717, 1.165) is 27.4 Å². The van der Waals surface area contributed by atoms with Crippen LogP contribution >= 0.6 is 11.3 Å². The van der Waals surface area contributed by atoms with Gasteiger partial charge in [0, 0.05) is 20.1 Å². The zero-order valence-corrected chi connectivity index (χ0v) is 20.6. The number of carbonyl (C=O) groups excluding carboxylic acids is 3. The molecular weight excluding hydrogens is 464 g/mol. The van der Waals surface area contributed by atoms with Gasteiger partial charge in [-0.15, -0.1) is 11.3 Å². The van der Waals surface area contributed by atoms with Gasteiger partial charge < -0.3 is 19.9 Å². The molecule has 3 heterocycles. The second-order valence-corrected chi connectivity index (χ2v) is 10.0. The van der Waals surface area contributed by atoms with Crippen molar-refractivity contribution < 1.29 is 19.1 Å². The number of carbonyl (C=O) groups is 3. The van der Waals surface area contributed by atoms with Crippen LogP contribution in [-0.2, 0) is 4.79 Å². The van der Waals surface area contributed by atoms with Crippen LogP contribution in [0.2, 0.25) is 0 Å². The standard InChI is InChI=1S/C26H26N4O4S/c1-15-6-4-7-17(12-15)24-22(28-16(2)35-24)26(33)30-11-10-18(30)13-27-25(32)19-8-5-9-20-23(19)34-14-21(31)29(20)3/h4-9,12,18H,10-11,13-14H2,1-3H3,(H,27,32)/t18-/m1/s1. The fourth-order valence-corrected chi connectivity index (χ4v) is 5.31. The number of likely N-dealkylation sites (tertiary alicyclic amines) is 1. The van der Waals surface area contributed by atoms with Gasteiger partial charge in [0.25, 0.3) is 17.7 Å². The van der Waals surface area contributed by atoms with Crippen LogP contribution in [0.3, 0.4) is 0 Å². The largest absolute Gasteiger partial charge is 0.481 e. The molecule has 3 aromatic rings. The highest BCUT2D eigenvalue weighted by Gasteiger charge is 2.36. The summed E-state index contributed by atoms with van der Waals surface area (Å²) in [7, 11) is 1.66. The summed E-state index contributed by atoms with van der Waals surface area (Å²) in [5.41, 5.74) is 3.51. The number of hydrogen-bond acceptors (Lipinski definition) is 6. The lowest BCUT2D eigenvalue weighted by Gasteiger charge is -2.41. The quantitative estimate of drug-likeness (QED) is 0.592. The van der Waals surface area contributed by atoms with Crippen molar-refractivity contribution in [3.05, 3.63) is 64.3 Å². The van der Waals surface area contributed by atoms with E-state index >= 15 is 0 Å². The average Bonchev–Trinajstić information content (AvgIpc) is 3.22. The summed E-state index contributed by atoms with van der Waals surface area (Å²) in [5, 5.41) is 3.78. The van der Waals surface area contributed by atoms with Crippen molar-refractivity contribution in [1.82, 2.24) is 15.2 Å². The maximum atomic E-state index is 13.4. The van der Waals surface area contributed by atoms with E-state index in [4.69, 9.17) is 4.74 Å². The third-order valence-corrected chi connectivity index (χ3v) is 7.45. The summed E-state index contributed by atoms with van der Waals surface area (Å²) in [5.74, 6) is -0.179. The van der Waals surface area contributed by atoms with Crippen molar-refractivity contribution in [1.29, 1.82) is 0 Å². The smallest absolute Gasteiger partial charge is 0.274 e. The normalized spacial score (nSPS) is 16.9. The number of aryl methyl sites for hydroxylation is 2. The molecule has 2 aliphatic rings. The number of rotatable bonds is 5. The Morgan fingerprint density at radius 3 is 2.74 bits per heavy atom. The number of hydrogen-bond donors (Lipinski definition) is 1. The average molecular weight is 491 g/mol. The van der Waals surface area contributed by atoms with E-state index in [1.165, 1.54) is 16.2 Å². The van der Waals surface area contributed by atoms with Gasteiger partial charge >= 0.3 is 0 Å². The lowest BCUT2D eigenvalue weighted by Crippen LogP contribution is -2.56. The van der Waals surface area contributed by atoms with Crippen LogP contribution in [0.5, 0.6) is 5.75 Å². The maximum Gasteiger partial charge on any atom is 0.274 e. The Hall–Kier alpha value is -3.72. The molecule has 1 atom stereocenters. The number of anilines is 1. The molecule has 1 N–H and O–H groups in total. The fraction of sp³-hybridized carbons (Fsp3) is 0.308. The zero-order chi connectivity index (χ0) is 24.7. The molecular formula is C26H26N4O4S. The third-order valence-electron chi connectivity index (χ3n) is 6.43. The minimum Gasteiger partial charge on any atom is -0.481 e. The third kappa shape index (κ3) is 4.27.